The van der Waals surface area contributed by atoms with Crippen molar-refractivity contribution in [1.29, 1.82) is 0 Å². The first-order valence-electron chi connectivity index (χ1n) is 7.55. The average molecular weight is 380 g/mol. The minimum Gasteiger partial charge on any atom is -0.545 e. The molecule has 0 saturated heterocycles. The van der Waals surface area contributed by atoms with Crippen molar-refractivity contribution in [2.45, 2.75) is 11.8 Å². The van der Waals surface area contributed by atoms with E-state index >= 15 is 0 Å². The molecule has 2 aromatic carbocycles. The van der Waals surface area contributed by atoms with Crippen molar-refractivity contribution in [2.75, 3.05) is 25.5 Å². The second-order valence-electron chi connectivity index (χ2n) is 5.05. The molecule has 1 N–H and O–H groups in total. The smallest absolute Gasteiger partial charge is 0.261 e. The van der Waals surface area contributed by atoms with E-state index in [0.29, 0.717) is 12.4 Å². The molecule has 9 heteroatoms. The Morgan fingerprint density at radius 1 is 1.08 bits per heavy atom. The van der Waals surface area contributed by atoms with E-state index in [9.17, 15) is 18.3 Å². The zero-order valence-electron chi connectivity index (χ0n) is 14.4. The Kier molecular flexibility index (Phi) is 5.93. The summed E-state index contributed by atoms with van der Waals surface area (Å²) < 4.78 is 42.7. The molecule has 0 spiro atoms. The predicted octanol–water partition coefficient (Wildman–Crippen LogP) is 1.27. The van der Waals surface area contributed by atoms with Crippen molar-refractivity contribution in [3.63, 3.8) is 0 Å². The molecule has 0 fully saturated rings. The zero-order chi connectivity index (χ0) is 19.3. The van der Waals surface area contributed by atoms with Gasteiger partial charge in [0.05, 0.1) is 37.4 Å². The van der Waals surface area contributed by atoms with Crippen LogP contribution in [-0.2, 0) is 10.0 Å². The molecular weight excluding hydrogens is 362 g/mol. The summed E-state index contributed by atoms with van der Waals surface area (Å²) in [6, 6.07) is 8.07. The number of nitrogens with one attached hydrogen (secondary N) is 1. The van der Waals surface area contributed by atoms with Gasteiger partial charge in [-0.15, -0.1) is 0 Å². The van der Waals surface area contributed by atoms with Crippen molar-refractivity contribution >= 4 is 21.7 Å². The normalized spacial score (nSPS) is 10.9. The molecule has 0 unspecified atom stereocenters. The van der Waals surface area contributed by atoms with Crippen LogP contribution in [0.3, 0.4) is 0 Å². The number of methoxy groups -OCH3 is 2. The van der Waals surface area contributed by atoms with E-state index in [0.717, 1.165) is 6.07 Å². The van der Waals surface area contributed by atoms with Gasteiger partial charge in [-0.25, -0.2) is 8.42 Å². The van der Waals surface area contributed by atoms with Gasteiger partial charge in [0.15, 0.2) is 11.5 Å². The zero-order valence-corrected chi connectivity index (χ0v) is 15.3. The third-order valence-electron chi connectivity index (χ3n) is 3.43. The molecule has 0 radical (unpaired) electrons. The molecule has 0 aliphatic carbocycles. The van der Waals surface area contributed by atoms with Gasteiger partial charge in [-0.2, -0.15) is 0 Å². The Morgan fingerprint density at radius 3 is 2.15 bits per heavy atom. The van der Waals surface area contributed by atoms with Crippen molar-refractivity contribution in [2.24, 2.45) is 0 Å². The molecule has 2 aromatic rings. The van der Waals surface area contributed by atoms with Crippen LogP contribution >= 0.6 is 0 Å². The summed E-state index contributed by atoms with van der Waals surface area (Å²) in [6.45, 7) is 2.26. The fourth-order valence-corrected chi connectivity index (χ4v) is 3.29. The second kappa shape index (κ2) is 7.96. The molecule has 0 aromatic heterocycles. The van der Waals surface area contributed by atoms with E-state index in [1.54, 1.807) is 0 Å². The highest BCUT2D eigenvalue weighted by molar-refractivity contribution is 7.92. The summed E-state index contributed by atoms with van der Waals surface area (Å²) in [7, 11) is -1.36. The topological polar surface area (TPSA) is 114 Å². The number of hydrogen-bond donors (Lipinski definition) is 1. The van der Waals surface area contributed by atoms with Gasteiger partial charge < -0.3 is 24.1 Å². The summed E-state index contributed by atoms with van der Waals surface area (Å²) in [5.74, 6) is -0.735. The van der Waals surface area contributed by atoms with Gasteiger partial charge in [-0.05, 0) is 37.3 Å². The van der Waals surface area contributed by atoms with E-state index in [2.05, 4.69) is 4.72 Å². The molecule has 0 atom stereocenters. The summed E-state index contributed by atoms with van der Waals surface area (Å²) in [4.78, 5) is 11.3. The lowest BCUT2D eigenvalue weighted by Crippen LogP contribution is -2.25. The van der Waals surface area contributed by atoms with Crippen molar-refractivity contribution < 1.29 is 32.5 Å². The number of carbonyl (C=O) groups excluding carboxylic acids is 1. The Balaban J connectivity index is 2.43. The molecule has 2 rings (SSSR count). The van der Waals surface area contributed by atoms with Gasteiger partial charge in [0.2, 0.25) is 0 Å². The maximum Gasteiger partial charge on any atom is 0.261 e. The van der Waals surface area contributed by atoms with Gasteiger partial charge in [0.1, 0.15) is 5.75 Å². The Labute approximate surface area is 151 Å². The van der Waals surface area contributed by atoms with Crippen LogP contribution in [0.1, 0.15) is 17.3 Å². The number of rotatable bonds is 8. The van der Waals surface area contributed by atoms with Crippen LogP contribution < -0.4 is 24.0 Å². The Hall–Kier alpha value is -2.94. The van der Waals surface area contributed by atoms with E-state index in [1.165, 1.54) is 44.6 Å². The Bertz CT molecular complexity index is 892. The monoisotopic (exact) mass is 380 g/mol. The summed E-state index contributed by atoms with van der Waals surface area (Å²) >= 11 is 0. The van der Waals surface area contributed by atoms with Crippen molar-refractivity contribution in [3.8, 4) is 17.2 Å². The number of carbonyl (C=O) groups is 1. The Morgan fingerprint density at radius 2 is 1.65 bits per heavy atom. The maximum atomic E-state index is 12.6. The van der Waals surface area contributed by atoms with Gasteiger partial charge in [-0.3, -0.25) is 4.72 Å². The van der Waals surface area contributed by atoms with E-state index in [-0.39, 0.29) is 27.6 Å². The first-order chi connectivity index (χ1) is 12.3. The predicted molar refractivity (Wildman–Crippen MR) is 92.3 cm³/mol. The van der Waals surface area contributed by atoms with Crippen LogP contribution in [0.2, 0.25) is 0 Å². The van der Waals surface area contributed by atoms with Crippen LogP contribution in [0.15, 0.2) is 41.3 Å². The number of carboxylic acids is 1. The number of ether oxygens (including phenoxy) is 3. The van der Waals surface area contributed by atoms with E-state index in [1.807, 2.05) is 6.92 Å². The molecule has 0 aliphatic rings. The molecule has 140 valence electrons. The van der Waals surface area contributed by atoms with Crippen molar-refractivity contribution in [1.82, 2.24) is 0 Å². The number of benzene rings is 2. The fraction of sp³-hybridized carbons (Fsp3) is 0.235. The van der Waals surface area contributed by atoms with Crippen LogP contribution in [0, 0.1) is 0 Å². The lowest BCUT2D eigenvalue weighted by molar-refractivity contribution is -0.254. The molecule has 26 heavy (non-hydrogen) atoms. The molecule has 0 bridgehead atoms. The number of aromatic carboxylic acids is 1. The number of anilines is 1. The SMILES string of the molecule is CCOc1ccc(S(=O)(=O)Nc2cc(OC)c(OC)cc2C(=O)[O-])cc1. The first kappa shape index (κ1) is 19.4. The third-order valence-corrected chi connectivity index (χ3v) is 4.81. The van der Waals surface area contributed by atoms with Gasteiger partial charge in [0.25, 0.3) is 10.0 Å². The largest absolute Gasteiger partial charge is 0.545 e. The summed E-state index contributed by atoms with van der Waals surface area (Å²) in [5, 5.41) is 11.4. The van der Waals surface area contributed by atoms with Gasteiger partial charge in [-0.1, -0.05) is 0 Å². The number of carboxylic acid groups (broad SMARTS) is 1. The minimum absolute atomic E-state index is 0.0555. The lowest BCUT2D eigenvalue weighted by Gasteiger charge is -2.17. The quantitative estimate of drug-likeness (QED) is 0.733. The summed E-state index contributed by atoms with van der Waals surface area (Å²) in [5.41, 5.74) is -0.575. The average Bonchev–Trinajstić information content (AvgIpc) is 2.61. The highest BCUT2D eigenvalue weighted by Crippen LogP contribution is 2.34. The highest BCUT2D eigenvalue weighted by atomic mass is 32.2. The fourth-order valence-electron chi connectivity index (χ4n) is 2.22. The molecule has 0 aliphatic heterocycles. The lowest BCUT2D eigenvalue weighted by atomic mass is 10.1. The van der Waals surface area contributed by atoms with Crippen LogP contribution in [-0.4, -0.2) is 35.2 Å². The molecule has 0 amide bonds. The molecule has 0 saturated carbocycles. The van der Waals surface area contributed by atoms with Crippen LogP contribution in [0.4, 0.5) is 5.69 Å². The first-order valence-corrected chi connectivity index (χ1v) is 9.03. The molecular formula is C17H18NO7S-. The molecule has 8 nitrogen and oxygen atoms in total. The van der Waals surface area contributed by atoms with Crippen LogP contribution in [0.25, 0.3) is 0 Å². The number of sulfonamides is 1. The third kappa shape index (κ3) is 4.17. The minimum atomic E-state index is -4.04. The number of hydrogen-bond acceptors (Lipinski definition) is 7. The second-order valence-corrected chi connectivity index (χ2v) is 6.73. The van der Waals surface area contributed by atoms with E-state index < -0.39 is 16.0 Å². The maximum absolute atomic E-state index is 12.6. The molecule has 0 heterocycles. The van der Waals surface area contributed by atoms with Gasteiger partial charge in [0, 0.05) is 11.6 Å². The van der Waals surface area contributed by atoms with Gasteiger partial charge >= 0.3 is 0 Å². The van der Waals surface area contributed by atoms with E-state index in [4.69, 9.17) is 14.2 Å². The standard InChI is InChI=1S/C17H19NO7S/c1-4-25-11-5-7-12(8-6-11)26(21,22)18-14-10-16(24-3)15(23-2)9-13(14)17(19)20/h5-10,18H,4H2,1-3H3,(H,19,20)/p-1. The summed E-state index contributed by atoms with van der Waals surface area (Å²) in [6.07, 6.45) is 0. The highest BCUT2D eigenvalue weighted by Gasteiger charge is 2.19. The van der Waals surface area contributed by atoms with Crippen LogP contribution in [0.5, 0.6) is 17.2 Å². The van der Waals surface area contributed by atoms with Crippen molar-refractivity contribution in [3.05, 3.63) is 42.0 Å².